The first kappa shape index (κ1) is 13.8. The zero-order valence-electron chi connectivity index (χ0n) is 9.69. The lowest BCUT2D eigenvalue weighted by Crippen LogP contribution is -2.42. The van der Waals surface area contributed by atoms with E-state index in [-0.39, 0.29) is 5.54 Å². The van der Waals surface area contributed by atoms with E-state index in [0.29, 0.717) is 6.54 Å². The van der Waals surface area contributed by atoms with Gasteiger partial charge in [-0.3, -0.25) is 0 Å². The SMILES string of the molecule is CCCC(C)(CN)Nc1ccc(Cl)c(Br)c1. The van der Waals surface area contributed by atoms with Crippen LogP contribution in [0.5, 0.6) is 0 Å². The van der Waals surface area contributed by atoms with Crippen molar-refractivity contribution in [2.75, 3.05) is 11.9 Å². The van der Waals surface area contributed by atoms with Crippen LogP contribution in [-0.4, -0.2) is 12.1 Å². The molecule has 1 rings (SSSR count). The van der Waals surface area contributed by atoms with Gasteiger partial charge in [0.15, 0.2) is 0 Å². The monoisotopic (exact) mass is 304 g/mol. The minimum Gasteiger partial charge on any atom is -0.379 e. The third-order valence-corrected chi connectivity index (χ3v) is 3.83. The van der Waals surface area contributed by atoms with Gasteiger partial charge in [0, 0.05) is 22.2 Å². The average Bonchev–Trinajstić information content (AvgIpc) is 2.24. The van der Waals surface area contributed by atoms with Crippen LogP contribution in [-0.2, 0) is 0 Å². The minimum absolute atomic E-state index is 0.0536. The van der Waals surface area contributed by atoms with E-state index in [1.807, 2.05) is 18.2 Å². The highest BCUT2D eigenvalue weighted by Gasteiger charge is 2.20. The highest BCUT2D eigenvalue weighted by atomic mass is 79.9. The van der Waals surface area contributed by atoms with Gasteiger partial charge in [0.05, 0.1) is 5.02 Å². The topological polar surface area (TPSA) is 38.0 Å². The van der Waals surface area contributed by atoms with Gasteiger partial charge in [0.2, 0.25) is 0 Å². The van der Waals surface area contributed by atoms with Gasteiger partial charge in [0.25, 0.3) is 0 Å². The smallest absolute Gasteiger partial charge is 0.0549 e. The van der Waals surface area contributed by atoms with Gasteiger partial charge in [-0.05, 0) is 47.5 Å². The molecule has 3 N–H and O–H groups in total. The largest absolute Gasteiger partial charge is 0.379 e. The summed E-state index contributed by atoms with van der Waals surface area (Å²) in [4.78, 5) is 0. The standard InChI is InChI=1S/C12H18BrClN2/c1-3-6-12(2,8-15)16-9-4-5-11(14)10(13)7-9/h4-5,7,16H,3,6,8,15H2,1-2H3. The van der Waals surface area contributed by atoms with Crippen molar-refractivity contribution in [3.8, 4) is 0 Å². The van der Waals surface area contributed by atoms with E-state index < -0.39 is 0 Å². The lowest BCUT2D eigenvalue weighted by atomic mass is 9.96. The molecule has 0 bridgehead atoms. The van der Waals surface area contributed by atoms with Crippen molar-refractivity contribution in [2.45, 2.75) is 32.2 Å². The Bertz CT molecular complexity index is 357. The first-order chi connectivity index (χ1) is 7.50. The van der Waals surface area contributed by atoms with E-state index in [4.69, 9.17) is 17.3 Å². The van der Waals surface area contributed by atoms with Crippen molar-refractivity contribution in [3.63, 3.8) is 0 Å². The highest BCUT2D eigenvalue weighted by molar-refractivity contribution is 9.10. The normalized spacial score (nSPS) is 14.6. The second-order valence-electron chi connectivity index (χ2n) is 4.27. The lowest BCUT2D eigenvalue weighted by Gasteiger charge is -2.30. The van der Waals surface area contributed by atoms with E-state index in [0.717, 1.165) is 28.0 Å². The van der Waals surface area contributed by atoms with Crippen LogP contribution in [0, 0.1) is 0 Å². The Labute approximate surface area is 111 Å². The Morgan fingerprint density at radius 1 is 1.50 bits per heavy atom. The number of hydrogen-bond acceptors (Lipinski definition) is 2. The summed E-state index contributed by atoms with van der Waals surface area (Å²) in [7, 11) is 0. The van der Waals surface area contributed by atoms with Gasteiger partial charge >= 0.3 is 0 Å². The molecule has 1 atom stereocenters. The van der Waals surface area contributed by atoms with E-state index in [1.54, 1.807) is 0 Å². The molecule has 0 radical (unpaired) electrons. The zero-order chi connectivity index (χ0) is 12.2. The summed E-state index contributed by atoms with van der Waals surface area (Å²) in [6, 6.07) is 5.82. The summed E-state index contributed by atoms with van der Waals surface area (Å²) >= 11 is 9.36. The Morgan fingerprint density at radius 3 is 2.69 bits per heavy atom. The molecule has 1 aromatic rings. The quantitative estimate of drug-likeness (QED) is 0.862. The van der Waals surface area contributed by atoms with Crippen LogP contribution in [0.4, 0.5) is 5.69 Å². The van der Waals surface area contributed by atoms with Gasteiger partial charge in [0.1, 0.15) is 0 Å². The summed E-state index contributed by atoms with van der Waals surface area (Å²) in [5.41, 5.74) is 6.79. The molecule has 0 aliphatic carbocycles. The molecule has 0 aliphatic heterocycles. The zero-order valence-corrected chi connectivity index (χ0v) is 12.0. The van der Waals surface area contributed by atoms with Crippen molar-refractivity contribution in [3.05, 3.63) is 27.7 Å². The molecule has 1 aromatic carbocycles. The molecule has 0 amide bonds. The van der Waals surface area contributed by atoms with Gasteiger partial charge in [-0.2, -0.15) is 0 Å². The van der Waals surface area contributed by atoms with Crippen molar-refractivity contribution < 1.29 is 0 Å². The maximum atomic E-state index is 5.95. The van der Waals surface area contributed by atoms with Crippen LogP contribution in [0.1, 0.15) is 26.7 Å². The van der Waals surface area contributed by atoms with Gasteiger partial charge in [-0.25, -0.2) is 0 Å². The maximum Gasteiger partial charge on any atom is 0.0549 e. The first-order valence-corrected chi connectivity index (χ1v) is 6.61. The van der Waals surface area contributed by atoms with E-state index in [2.05, 4.69) is 35.1 Å². The second kappa shape index (κ2) is 5.89. The number of nitrogens with two attached hydrogens (primary N) is 1. The van der Waals surface area contributed by atoms with Crippen LogP contribution < -0.4 is 11.1 Å². The first-order valence-electron chi connectivity index (χ1n) is 5.44. The van der Waals surface area contributed by atoms with E-state index >= 15 is 0 Å². The van der Waals surface area contributed by atoms with E-state index in [9.17, 15) is 0 Å². The van der Waals surface area contributed by atoms with Gasteiger partial charge in [-0.15, -0.1) is 0 Å². The fraction of sp³-hybridized carbons (Fsp3) is 0.500. The maximum absolute atomic E-state index is 5.95. The van der Waals surface area contributed by atoms with Crippen LogP contribution in [0.3, 0.4) is 0 Å². The number of anilines is 1. The third-order valence-electron chi connectivity index (χ3n) is 2.62. The second-order valence-corrected chi connectivity index (χ2v) is 5.53. The summed E-state index contributed by atoms with van der Waals surface area (Å²) in [5, 5.41) is 4.18. The molecule has 0 aliphatic rings. The number of benzene rings is 1. The van der Waals surface area contributed by atoms with Gasteiger partial charge in [-0.1, -0.05) is 24.9 Å². The number of rotatable bonds is 5. The Morgan fingerprint density at radius 2 is 2.19 bits per heavy atom. The number of hydrogen-bond donors (Lipinski definition) is 2. The van der Waals surface area contributed by atoms with Crippen LogP contribution in [0.25, 0.3) is 0 Å². The summed E-state index contributed by atoms with van der Waals surface area (Å²) in [6.07, 6.45) is 2.15. The van der Waals surface area contributed by atoms with Crippen LogP contribution >= 0.6 is 27.5 Å². The van der Waals surface area contributed by atoms with Crippen molar-refractivity contribution in [2.24, 2.45) is 5.73 Å². The Balaban J connectivity index is 2.81. The van der Waals surface area contributed by atoms with Crippen LogP contribution in [0.2, 0.25) is 5.02 Å². The molecule has 0 aromatic heterocycles. The number of nitrogens with one attached hydrogen (secondary N) is 1. The van der Waals surface area contributed by atoms with Crippen molar-refractivity contribution in [1.82, 2.24) is 0 Å². The Hall–Kier alpha value is -0.250. The molecule has 0 spiro atoms. The van der Waals surface area contributed by atoms with Crippen molar-refractivity contribution >= 4 is 33.2 Å². The molecule has 0 fully saturated rings. The predicted octanol–water partition coefficient (Wildman–Crippen LogP) is 4.03. The molecule has 1 unspecified atom stereocenters. The average molecular weight is 306 g/mol. The fourth-order valence-corrected chi connectivity index (χ4v) is 2.19. The molecule has 2 nitrogen and oxygen atoms in total. The summed E-state index contributed by atoms with van der Waals surface area (Å²) in [6.45, 7) is 4.91. The molecule has 0 saturated carbocycles. The molecular weight excluding hydrogens is 288 g/mol. The van der Waals surface area contributed by atoms with Gasteiger partial charge < -0.3 is 11.1 Å². The van der Waals surface area contributed by atoms with Crippen LogP contribution in [0.15, 0.2) is 22.7 Å². The fourth-order valence-electron chi connectivity index (χ4n) is 1.69. The minimum atomic E-state index is -0.0536. The highest BCUT2D eigenvalue weighted by Crippen LogP contribution is 2.27. The number of halogens is 2. The summed E-state index contributed by atoms with van der Waals surface area (Å²) in [5.74, 6) is 0. The molecule has 0 saturated heterocycles. The predicted molar refractivity (Wildman–Crippen MR) is 75.1 cm³/mol. The molecule has 16 heavy (non-hydrogen) atoms. The van der Waals surface area contributed by atoms with E-state index in [1.165, 1.54) is 0 Å². The molecule has 90 valence electrons. The molecular formula is C12H18BrClN2. The Kier molecular flexibility index (Phi) is 5.09. The lowest BCUT2D eigenvalue weighted by molar-refractivity contribution is 0.476. The molecule has 4 heteroatoms. The molecule has 0 heterocycles. The third kappa shape index (κ3) is 3.65. The van der Waals surface area contributed by atoms with Crippen molar-refractivity contribution in [1.29, 1.82) is 0 Å². The summed E-state index contributed by atoms with van der Waals surface area (Å²) < 4.78 is 0.898.